The highest BCUT2D eigenvalue weighted by molar-refractivity contribution is 5.99. The molecular weight excluding hydrogens is 190 g/mol. The molecule has 0 saturated heterocycles. The van der Waals surface area contributed by atoms with Crippen LogP contribution >= 0.6 is 0 Å². The fraction of sp³-hybridized carbons (Fsp3) is 0.300. The van der Waals surface area contributed by atoms with Gasteiger partial charge in [-0.15, -0.1) is 0 Å². The summed E-state index contributed by atoms with van der Waals surface area (Å²) in [6, 6.07) is 1.72. The maximum Gasteiger partial charge on any atom is 0.170 e. The fourth-order valence-corrected chi connectivity index (χ4v) is 1.50. The lowest BCUT2D eigenvalue weighted by molar-refractivity contribution is 0.0861. The van der Waals surface area contributed by atoms with E-state index in [4.69, 9.17) is 4.74 Å². The number of carbonyl (C=O) groups excluding carboxylic acids is 1. The number of halogens is 2. The summed E-state index contributed by atoms with van der Waals surface area (Å²) < 4.78 is 31.1. The van der Waals surface area contributed by atoms with Gasteiger partial charge in [-0.1, -0.05) is 0 Å². The predicted octanol–water partition coefficient (Wildman–Crippen LogP) is 2.32. The Hall–Kier alpha value is -1.45. The van der Waals surface area contributed by atoms with Crippen LogP contribution in [-0.2, 0) is 0 Å². The van der Waals surface area contributed by atoms with Crippen molar-refractivity contribution in [2.24, 2.45) is 0 Å². The van der Waals surface area contributed by atoms with E-state index < -0.39 is 11.6 Å². The Morgan fingerprint density at radius 2 is 2.14 bits per heavy atom. The summed E-state index contributed by atoms with van der Waals surface area (Å²) in [6.45, 7) is 1.67. The predicted molar refractivity (Wildman–Crippen MR) is 45.4 cm³/mol. The minimum atomic E-state index is -0.820. The molecule has 1 unspecified atom stereocenters. The normalized spacial score (nSPS) is 20.2. The van der Waals surface area contributed by atoms with Crippen LogP contribution in [0.1, 0.15) is 23.7 Å². The first-order valence-electron chi connectivity index (χ1n) is 4.27. The fourth-order valence-electron chi connectivity index (χ4n) is 1.50. The molecule has 1 atom stereocenters. The van der Waals surface area contributed by atoms with Crippen LogP contribution in [0.5, 0.6) is 5.75 Å². The quantitative estimate of drug-likeness (QED) is 0.639. The van der Waals surface area contributed by atoms with Crippen molar-refractivity contribution >= 4 is 5.78 Å². The molecule has 4 heteroatoms. The highest BCUT2D eigenvalue weighted by Gasteiger charge is 2.27. The van der Waals surface area contributed by atoms with Crippen molar-refractivity contribution in [2.45, 2.75) is 19.4 Å². The Balaban J connectivity index is 2.59. The molecular formula is C10H8F2O2. The number of carbonyl (C=O) groups is 1. The van der Waals surface area contributed by atoms with Gasteiger partial charge in [0.15, 0.2) is 17.3 Å². The van der Waals surface area contributed by atoms with Crippen LogP contribution in [-0.4, -0.2) is 11.9 Å². The van der Waals surface area contributed by atoms with E-state index in [1.165, 1.54) is 0 Å². The Morgan fingerprint density at radius 3 is 2.86 bits per heavy atom. The van der Waals surface area contributed by atoms with E-state index in [9.17, 15) is 13.6 Å². The van der Waals surface area contributed by atoms with Gasteiger partial charge < -0.3 is 4.74 Å². The minimum absolute atomic E-state index is 0.000556. The molecule has 1 aromatic carbocycles. The molecule has 1 heterocycles. The van der Waals surface area contributed by atoms with Crippen LogP contribution in [0.3, 0.4) is 0 Å². The second kappa shape index (κ2) is 3.04. The van der Waals surface area contributed by atoms with E-state index in [0.717, 1.165) is 6.07 Å². The van der Waals surface area contributed by atoms with Gasteiger partial charge in [-0.3, -0.25) is 4.79 Å². The summed E-state index contributed by atoms with van der Waals surface area (Å²) in [5.41, 5.74) is 0.000556. The van der Waals surface area contributed by atoms with E-state index >= 15 is 0 Å². The summed E-state index contributed by atoms with van der Waals surface area (Å²) in [4.78, 5) is 11.4. The van der Waals surface area contributed by atoms with Crippen LogP contribution in [0, 0.1) is 11.6 Å². The van der Waals surface area contributed by atoms with Crippen molar-refractivity contribution in [2.75, 3.05) is 0 Å². The molecule has 2 nitrogen and oxygen atoms in total. The average Bonchev–Trinajstić information content (AvgIpc) is 2.07. The molecule has 2 rings (SSSR count). The zero-order valence-corrected chi connectivity index (χ0v) is 7.51. The van der Waals surface area contributed by atoms with Gasteiger partial charge in [0.1, 0.15) is 11.9 Å². The molecule has 0 aliphatic carbocycles. The molecule has 74 valence electrons. The standard InChI is InChI=1S/C10H8F2O2/c1-5-2-9(13)7-3-6(11)4-8(12)10(7)14-5/h3-5H,2H2,1H3. The molecule has 0 bridgehead atoms. The molecule has 0 fully saturated rings. The number of ketones is 1. The SMILES string of the molecule is CC1CC(=O)c2cc(F)cc(F)c2O1. The van der Waals surface area contributed by atoms with E-state index in [1.807, 2.05) is 0 Å². The van der Waals surface area contributed by atoms with Gasteiger partial charge in [-0.05, 0) is 13.0 Å². The Kier molecular flexibility index (Phi) is 1.98. The lowest BCUT2D eigenvalue weighted by atomic mass is 10.0. The second-order valence-electron chi connectivity index (χ2n) is 3.32. The molecule has 1 aliphatic heterocycles. The lowest BCUT2D eigenvalue weighted by Crippen LogP contribution is -2.24. The van der Waals surface area contributed by atoms with Crippen LogP contribution < -0.4 is 4.74 Å². The highest BCUT2D eigenvalue weighted by Crippen LogP contribution is 2.30. The number of hydrogen-bond acceptors (Lipinski definition) is 2. The molecule has 0 spiro atoms. The molecule has 1 aromatic rings. The number of benzene rings is 1. The molecule has 14 heavy (non-hydrogen) atoms. The van der Waals surface area contributed by atoms with Crippen molar-refractivity contribution in [1.82, 2.24) is 0 Å². The Bertz CT molecular complexity index is 401. The smallest absolute Gasteiger partial charge is 0.170 e. The average molecular weight is 198 g/mol. The molecule has 0 aromatic heterocycles. The maximum atomic E-state index is 13.2. The summed E-state index contributed by atoms with van der Waals surface area (Å²) in [5.74, 6) is -1.99. The third-order valence-corrected chi connectivity index (χ3v) is 2.10. The summed E-state index contributed by atoms with van der Waals surface area (Å²) in [5, 5.41) is 0. The van der Waals surface area contributed by atoms with Crippen molar-refractivity contribution in [3.63, 3.8) is 0 Å². The van der Waals surface area contributed by atoms with Gasteiger partial charge in [-0.2, -0.15) is 0 Å². The van der Waals surface area contributed by atoms with Gasteiger partial charge in [0.25, 0.3) is 0 Å². The van der Waals surface area contributed by atoms with Crippen LogP contribution in [0.15, 0.2) is 12.1 Å². The molecule has 0 radical (unpaired) electrons. The van der Waals surface area contributed by atoms with E-state index in [0.29, 0.717) is 6.07 Å². The third-order valence-electron chi connectivity index (χ3n) is 2.10. The second-order valence-corrected chi connectivity index (χ2v) is 3.32. The summed E-state index contributed by atoms with van der Waals surface area (Å²) >= 11 is 0. The zero-order chi connectivity index (χ0) is 10.3. The van der Waals surface area contributed by atoms with E-state index in [2.05, 4.69) is 0 Å². The first-order chi connectivity index (χ1) is 6.58. The van der Waals surface area contributed by atoms with Gasteiger partial charge in [-0.25, -0.2) is 8.78 Å². The van der Waals surface area contributed by atoms with Crippen molar-refractivity contribution < 1.29 is 18.3 Å². The molecule has 0 N–H and O–H groups in total. The van der Waals surface area contributed by atoms with Crippen molar-refractivity contribution in [3.8, 4) is 5.75 Å². The number of hydrogen-bond donors (Lipinski definition) is 0. The highest BCUT2D eigenvalue weighted by atomic mass is 19.1. The van der Waals surface area contributed by atoms with Gasteiger partial charge >= 0.3 is 0 Å². The maximum absolute atomic E-state index is 13.2. The van der Waals surface area contributed by atoms with E-state index in [-0.39, 0.29) is 29.6 Å². The summed E-state index contributed by atoms with van der Waals surface area (Å²) in [7, 11) is 0. The van der Waals surface area contributed by atoms with Gasteiger partial charge in [0, 0.05) is 12.5 Å². The first-order valence-corrected chi connectivity index (χ1v) is 4.27. The van der Waals surface area contributed by atoms with Gasteiger partial charge in [0.2, 0.25) is 0 Å². The Labute approximate surface area is 79.5 Å². The number of ether oxygens (including phenoxy) is 1. The third kappa shape index (κ3) is 1.36. The van der Waals surface area contributed by atoms with Crippen molar-refractivity contribution in [1.29, 1.82) is 0 Å². The zero-order valence-electron chi connectivity index (χ0n) is 7.51. The van der Waals surface area contributed by atoms with Gasteiger partial charge in [0.05, 0.1) is 5.56 Å². The van der Waals surface area contributed by atoms with Crippen LogP contribution in [0.4, 0.5) is 8.78 Å². The topological polar surface area (TPSA) is 26.3 Å². The number of fused-ring (bicyclic) bond motifs is 1. The summed E-state index contributed by atoms with van der Waals surface area (Å²) in [6.07, 6.45) is -0.189. The van der Waals surface area contributed by atoms with Crippen molar-refractivity contribution in [3.05, 3.63) is 29.3 Å². The van der Waals surface area contributed by atoms with Crippen LogP contribution in [0.2, 0.25) is 0 Å². The molecule has 0 amide bonds. The lowest BCUT2D eigenvalue weighted by Gasteiger charge is -2.22. The van der Waals surface area contributed by atoms with Crippen LogP contribution in [0.25, 0.3) is 0 Å². The molecule has 0 saturated carbocycles. The largest absolute Gasteiger partial charge is 0.486 e. The molecule has 1 aliphatic rings. The first kappa shape index (κ1) is 9.12. The number of Topliss-reactive ketones (excluding diaryl/α,β-unsaturated/α-hetero) is 1. The van der Waals surface area contributed by atoms with E-state index in [1.54, 1.807) is 6.92 Å². The minimum Gasteiger partial charge on any atom is -0.486 e. The monoisotopic (exact) mass is 198 g/mol. The Morgan fingerprint density at radius 1 is 1.43 bits per heavy atom. The number of rotatable bonds is 0.